The zero-order valence-electron chi connectivity index (χ0n) is 9.08. The Kier molecular flexibility index (Phi) is 10.3. The molecule has 0 radical (unpaired) electrons. The smallest absolute Gasteiger partial charge is 0.158 e. The summed E-state index contributed by atoms with van der Waals surface area (Å²) in [6, 6.07) is 0. The van der Waals surface area contributed by atoms with Crippen LogP contribution in [0.3, 0.4) is 0 Å². The van der Waals surface area contributed by atoms with E-state index in [-0.39, 0.29) is 12.4 Å². The van der Waals surface area contributed by atoms with E-state index in [2.05, 4.69) is 0 Å². The monoisotopic (exact) mass is 204 g/mol. The molecule has 0 bridgehead atoms. The first kappa shape index (κ1) is 13.5. The van der Waals surface area contributed by atoms with Crippen LogP contribution < -0.4 is 0 Å². The highest BCUT2D eigenvalue weighted by molar-refractivity contribution is 5.79. The Morgan fingerprint density at radius 2 is 1.79 bits per heavy atom. The van der Waals surface area contributed by atoms with E-state index < -0.39 is 0 Å². The second-order valence-electron chi connectivity index (χ2n) is 2.90. The van der Waals surface area contributed by atoms with Gasteiger partial charge >= 0.3 is 0 Å². The van der Waals surface area contributed by atoms with Gasteiger partial charge < -0.3 is 14.2 Å². The molecule has 0 aliphatic carbocycles. The largest absolute Gasteiger partial charge is 0.385 e. The van der Waals surface area contributed by atoms with Crippen LogP contribution in [0.1, 0.15) is 19.8 Å². The third-order valence-electron chi connectivity index (χ3n) is 1.67. The van der Waals surface area contributed by atoms with Gasteiger partial charge in [0.2, 0.25) is 0 Å². The zero-order chi connectivity index (χ0) is 10.6. The van der Waals surface area contributed by atoms with E-state index in [4.69, 9.17) is 14.2 Å². The predicted octanol–water partition coefficient (Wildman–Crippen LogP) is 1.04. The van der Waals surface area contributed by atoms with E-state index in [1.807, 2.05) is 6.92 Å². The van der Waals surface area contributed by atoms with Crippen LogP contribution >= 0.6 is 0 Å². The van der Waals surface area contributed by atoms with Crippen molar-refractivity contribution in [2.45, 2.75) is 19.8 Å². The van der Waals surface area contributed by atoms with Gasteiger partial charge in [0, 0.05) is 26.7 Å². The van der Waals surface area contributed by atoms with Crippen LogP contribution in [-0.4, -0.2) is 45.9 Å². The average Bonchev–Trinajstić information content (AvgIpc) is 2.21. The fourth-order valence-corrected chi connectivity index (χ4v) is 0.813. The molecule has 0 heterocycles. The van der Waals surface area contributed by atoms with Gasteiger partial charge in [-0.25, -0.2) is 0 Å². The van der Waals surface area contributed by atoms with E-state index in [1.54, 1.807) is 7.11 Å². The Morgan fingerprint density at radius 1 is 1.07 bits per heavy atom. The van der Waals surface area contributed by atoms with Crippen LogP contribution in [0, 0.1) is 0 Å². The molecule has 0 aliphatic heterocycles. The maximum atomic E-state index is 10.8. The number of rotatable bonds is 10. The van der Waals surface area contributed by atoms with E-state index >= 15 is 0 Å². The van der Waals surface area contributed by atoms with Gasteiger partial charge in [0.25, 0.3) is 0 Å². The average molecular weight is 204 g/mol. The van der Waals surface area contributed by atoms with Crippen molar-refractivity contribution in [2.24, 2.45) is 0 Å². The Hall–Kier alpha value is -0.450. The van der Waals surface area contributed by atoms with Gasteiger partial charge in [0.15, 0.2) is 5.78 Å². The van der Waals surface area contributed by atoms with Crippen LogP contribution in [0.4, 0.5) is 0 Å². The molecule has 0 atom stereocenters. The maximum absolute atomic E-state index is 10.8. The SMILES string of the molecule is CCC(=O)COCCOCCCOC. The van der Waals surface area contributed by atoms with Crippen molar-refractivity contribution in [1.82, 2.24) is 0 Å². The molecule has 0 amide bonds. The number of carbonyl (C=O) groups is 1. The lowest BCUT2D eigenvalue weighted by molar-refractivity contribution is -0.123. The van der Waals surface area contributed by atoms with E-state index in [9.17, 15) is 4.79 Å². The standard InChI is InChI=1S/C10H20O4/c1-3-10(11)9-14-8-7-13-6-4-5-12-2/h3-9H2,1-2H3. The van der Waals surface area contributed by atoms with Crippen LogP contribution in [0.15, 0.2) is 0 Å². The molecule has 0 aromatic heterocycles. The Bertz CT molecular complexity index is 136. The number of ketones is 1. The van der Waals surface area contributed by atoms with Crippen LogP contribution in [0.25, 0.3) is 0 Å². The highest BCUT2D eigenvalue weighted by atomic mass is 16.5. The quantitative estimate of drug-likeness (QED) is 0.499. The number of hydrogen-bond donors (Lipinski definition) is 0. The Balaban J connectivity index is 2.95. The van der Waals surface area contributed by atoms with E-state index in [1.165, 1.54) is 0 Å². The molecule has 0 saturated heterocycles. The highest BCUT2D eigenvalue weighted by Crippen LogP contribution is 1.86. The summed E-state index contributed by atoms with van der Waals surface area (Å²) in [5, 5.41) is 0. The van der Waals surface area contributed by atoms with Crippen LogP contribution in [0.2, 0.25) is 0 Å². The third kappa shape index (κ3) is 9.64. The maximum Gasteiger partial charge on any atom is 0.158 e. The minimum absolute atomic E-state index is 0.129. The first-order valence-electron chi connectivity index (χ1n) is 4.97. The first-order valence-corrected chi connectivity index (χ1v) is 4.97. The normalized spacial score (nSPS) is 10.4. The molecule has 0 spiro atoms. The number of Topliss-reactive ketones (excluding diaryl/α,β-unsaturated/α-hetero) is 1. The van der Waals surface area contributed by atoms with Crippen molar-refractivity contribution in [3.63, 3.8) is 0 Å². The summed E-state index contributed by atoms with van der Waals surface area (Å²) in [5.41, 5.74) is 0. The molecule has 84 valence electrons. The van der Waals surface area contributed by atoms with Gasteiger partial charge in [-0.05, 0) is 6.42 Å². The van der Waals surface area contributed by atoms with Gasteiger partial charge in [0.05, 0.1) is 13.2 Å². The van der Waals surface area contributed by atoms with E-state index in [0.717, 1.165) is 13.0 Å². The molecular formula is C10H20O4. The molecule has 0 fully saturated rings. The number of hydrogen-bond acceptors (Lipinski definition) is 4. The Labute approximate surface area is 85.5 Å². The van der Waals surface area contributed by atoms with Gasteiger partial charge in [-0.3, -0.25) is 4.79 Å². The summed E-state index contributed by atoms with van der Waals surface area (Å²) >= 11 is 0. The predicted molar refractivity (Wildman–Crippen MR) is 53.4 cm³/mol. The molecule has 0 saturated carbocycles. The van der Waals surface area contributed by atoms with Crippen LogP contribution in [0.5, 0.6) is 0 Å². The zero-order valence-corrected chi connectivity index (χ0v) is 9.08. The van der Waals surface area contributed by atoms with Crippen molar-refractivity contribution in [2.75, 3.05) is 40.1 Å². The van der Waals surface area contributed by atoms with Gasteiger partial charge in [-0.15, -0.1) is 0 Å². The number of ether oxygens (including phenoxy) is 3. The minimum Gasteiger partial charge on any atom is -0.385 e. The van der Waals surface area contributed by atoms with Crippen molar-refractivity contribution >= 4 is 5.78 Å². The molecule has 4 nitrogen and oxygen atoms in total. The molecule has 4 heteroatoms. The van der Waals surface area contributed by atoms with Crippen molar-refractivity contribution in [3.05, 3.63) is 0 Å². The summed E-state index contributed by atoms with van der Waals surface area (Å²) in [6.45, 7) is 4.46. The summed E-state index contributed by atoms with van der Waals surface area (Å²) in [7, 11) is 1.67. The second-order valence-corrected chi connectivity index (χ2v) is 2.90. The van der Waals surface area contributed by atoms with Crippen molar-refractivity contribution < 1.29 is 19.0 Å². The first-order chi connectivity index (χ1) is 6.81. The summed E-state index contributed by atoms with van der Waals surface area (Å²) in [4.78, 5) is 10.8. The molecule has 0 aromatic carbocycles. The van der Waals surface area contributed by atoms with Gasteiger partial charge in [0.1, 0.15) is 6.61 Å². The topological polar surface area (TPSA) is 44.8 Å². The molecule has 0 unspecified atom stereocenters. The van der Waals surface area contributed by atoms with Crippen molar-refractivity contribution in [3.8, 4) is 0 Å². The van der Waals surface area contributed by atoms with Crippen LogP contribution in [-0.2, 0) is 19.0 Å². The number of methoxy groups -OCH3 is 1. The lowest BCUT2D eigenvalue weighted by Gasteiger charge is -2.04. The van der Waals surface area contributed by atoms with E-state index in [0.29, 0.717) is 26.2 Å². The van der Waals surface area contributed by atoms with Gasteiger partial charge in [-0.1, -0.05) is 6.92 Å². The Morgan fingerprint density at radius 3 is 2.43 bits per heavy atom. The molecular weight excluding hydrogens is 184 g/mol. The molecule has 14 heavy (non-hydrogen) atoms. The summed E-state index contributed by atoms with van der Waals surface area (Å²) in [5.74, 6) is 0.129. The number of carbonyl (C=O) groups excluding carboxylic acids is 1. The summed E-state index contributed by atoms with van der Waals surface area (Å²) < 4.78 is 15.2. The van der Waals surface area contributed by atoms with Crippen molar-refractivity contribution in [1.29, 1.82) is 0 Å². The second kappa shape index (κ2) is 10.6. The van der Waals surface area contributed by atoms with Gasteiger partial charge in [-0.2, -0.15) is 0 Å². The molecule has 0 rings (SSSR count). The molecule has 0 aromatic rings. The summed E-state index contributed by atoms with van der Waals surface area (Å²) in [6.07, 6.45) is 1.43. The fourth-order valence-electron chi connectivity index (χ4n) is 0.813. The fraction of sp³-hybridized carbons (Fsp3) is 0.900. The highest BCUT2D eigenvalue weighted by Gasteiger charge is 1.96. The lowest BCUT2D eigenvalue weighted by atomic mass is 10.3. The minimum atomic E-state index is 0.129. The lowest BCUT2D eigenvalue weighted by Crippen LogP contribution is -2.12. The third-order valence-corrected chi connectivity index (χ3v) is 1.67. The molecule has 0 N–H and O–H groups in total. The molecule has 0 aliphatic rings.